The van der Waals surface area contributed by atoms with Crippen molar-refractivity contribution in [2.75, 3.05) is 11.9 Å². The summed E-state index contributed by atoms with van der Waals surface area (Å²) in [5, 5.41) is 11.8. The molecular formula is C14H18N2O3. The summed E-state index contributed by atoms with van der Waals surface area (Å²) in [5.74, 6) is -0.995. The molecule has 2 rings (SSSR count). The maximum absolute atomic E-state index is 12.1. The Balaban J connectivity index is 2.16. The Morgan fingerprint density at radius 2 is 2.16 bits per heavy atom. The van der Waals surface area contributed by atoms with E-state index in [1.165, 1.54) is 12.1 Å². The highest BCUT2D eigenvalue weighted by atomic mass is 16.4. The standard InChI is InChI=1S/C14H18N2O3/c1-9-5-6-11(13(17)18)8-12(9)15-14(19)16-7-3-4-10(16)2/h5-6,8,10H,3-4,7H2,1-2H3,(H,15,19)(H,17,18). The zero-order valence-electron chi connectivity index (χ0n) is 11.1. The molecule has 1 atom stereocenters. The van der Waals surface area contributed by atoms with E-state index in [1.807, 2.05) is 13.8 Å². The van der Waals surface area contributed by atoms with Crippen molar-refractivity contribution in [1.82, 2.24) is 4.90 Å². The van der Waals surface area contributed by atoms with Crippen LogP contribution < -0.4 is 5.32 Å². The van der Waals surface area contributed by atoms with Crippen LogP contribution in [0.15, 0.2) is 18.2 Å². The van der Waals surface area contributed by atoms with E-state index in [9.17, 15) is 9.59 Å². The lowest BCUT2D eigenvalue weighted by atomic mass is 10.1. The quantitative estimate of drug-likeness (QED) is 0.861. The van der Waals surface area contributed by atoms with Gasteiger partial charge in [-0.25, -0.2) is 9.59 Å². The third-order valence-electron chi connectivity index (χ3n) is 3.54. The fourth-order valence-electron chi connectivity index (χ4n) is 2.31. The van der Waals surface area contributed by atoms with Crippen molar-refractivity contribution < 1.29 is 14.7 Å². The molecule has 0 radical (unpaired) electrons. The van der Waals surface area contributed by atoms with E-state index in [2.05, 4.69) is 5.32 Å². The zero-order chi connectivity index (χ0) is 14.0. The Hall–Kier alpha value is -2.04. The molecular weight excluding hydrogens is 244 g/mol. The average Bonchev–Trinajstić information content (AvgIpc) is 2.78. The van der Waals surface area contributed by atoms with E-state index >= 15 is 0 Å². The average molecular weight is 262 g/mol. The molecule has 0 aromatic heterocycles. The first-order valence-corrected chi connectivity index (χ1v) is 6.40. The SMILES string of the molecule is Cc1ccc(C(=O)O)cc1NC(=O)N1CCCC1C. The summed E-state index contributed by atoms with van der Waals surface area (Å²) in [5.41, 5.74) is 1.59. The number of carboxylic acid groups (broad SMARTS) is 1. The summed E-state index contributed by atoms with van der Waals surface area (Å²) in [4.78, 5) is 24.8. The van der Waals surface area contributed by atoms with Crippen LogP contribution in [0.4, 0.5) is 10.5 Å². The van der Waals surface area contributed by atoms with Crippen LogP contribution in [0.5, 0.6) is 0 Å². The summed E-state index contributed by atoms with van der Waals surface area (Å²) >= 11 is 0. The molecule has 0 bridgehead atoms. The van der Waals surface area contributed by atoms with Gasteiger partial charge in [-0.05, 0) is 44.4 Å². The van der Waals surface area contributed by atoms with Crippen molar-refractivity contribution in [2.24, 2.45) is 0 Å². The van der Waals surface area contributed by atoms with E-state index < -0.39 is 5.97 Å². The van der Waals surface area contributed by atoms with Crippen LogP contribution in [0, 0.1) is 6.92 Å². The minimum atomic E-state index is -0.995. The second kappa shape index (κ2) is 5.30. The molecule has 1 saturated heterocycles. The zero-order valence-corrected chi connectivity index (χ0v) is 11.1. The Labute approximate surface area is 112 Å². The van der Waals surface area contributed by atoms with Crippen LogP contribution in [-0.4, -0.2) is 34.6 Å². The van der Waals surface area contributed by atoms with Gasteiger partial charge in [-0.2, -0.15) is 0 Å². The van der Waals surface area contributed by atoms with Gasteiger partial charge in [0.15, 0.2) is 0 Å². The van der Waals surface area contributed by atoms with Crippen molar-refractivity contribution >= 4 is 17.7 Å². The summed E-state index contributed by atoms with van der Waals surface area (Å²) in [6.45, 7) is 4.62. The number of carbonyl (C=O) groups excluding carboxylic acids is 1. The molecule has 0 spiro atoms. The number of aryl methyl sites for hydroxylation is 1. The number of hydrogen-bond donors (Lipinski definition) is 2. The number of nitrogens with one attached hydrogen (secondary N) is 1. The van der Waals surface area contributed by atoms with Gasteiger partial charge in [-0.15, -0.1) is 0 Å². The summed E-state index contributed by atoms with van der Waals surface area (Å²) in [6.07, 6.45) is 2.03. The third-order valence-corrected chi connectivity index (χ3v) is 3.54. The summed E-state index contributed by atoms with van der Waals surface area (Å²) in [6, 6.07) is 4.81. The molecule has 1 unspecified atom stereocenters. The molecule has 1 aromatic rings. The van der Waals surface area contributed by atoms with Gasteiger partial charge in [0.1, 0.15) is 0 Å². The van der Waals surface area contributed by atoms with Crippen molar-refractivity contribution in [1.29, 1.82) is 0 Å². The number of aromatic carboxylic acids is 1. The predicted octanol–water partition coefficient (Wildman–Crippen LogP) is 2.71. The van der Waals surface area contributed by atoms with Crippen LogP contribution in [-0.2, 0) is 0 Å². The van der Waals surface area contributed by atoms with E-state index in [0.717, 1.165) is 24.9 Å². The van der Waals surface area contributed by atoms with Crippen molar-refractivity contribution in [3.63, 3.8) is 0 Å². The van der Waals surface area contributed by atoms with Gasteiger partial charge in [0.05, 0.1) is 5.56 Å². The number of hydrogen-bond acceptors (Lipinski definition) is 2. The van der Waals surface area contributed by atoms with E-state index in [0.29, 0.717) is 5.69 Å². The molecule has 0 saturated carbocycles. The Morgan fingerprint density at radius 3 is 2.74 bits per heavy atom. The van der Waals surface area contributed by atoms with E-state index in [4.69, 9.17) is 5.11 Å². The largest absolute Gasteiger partial charge is 0.478 e. The molecule has 1 aliphatic heterocycles. The number of carbonyl (C=O) groups is 2. The highest BCUT2D eigenvalue weighted by Crippen LogP contribution is 2.21. The Bertz CT molecular complexity index is 513. The first kappa shape index (κ1) is 13.4. The summed E-state index contributed by atoms with van der Waals surface area (Å²) < 4.78 is 0. The van der Waals surface area contributed by atoms with Crippen LogP contribution >= 0.6 is 0 Å². The van der Waals surface area contributed by atoms with Crippen LogP contribution in [0.25, 0.3) is 0 Å². The number of nitrogens with zero attached hydrogens (tertiary/aromatic N) is 1. The van der Waals surface area contributed by atoms with Crippen molar-refractivity contribution in [2.45, 2.75) is 32.7 Å². The fraction of sp³-hybridized carbons (Fsp3) is 0.429. The molecule has 1 aromatic carbocycles. The van der Waals surface area contributed by atoms with Gasteiger partial charge in [-0.1, -0.05) is 6.07 Å². The monoisotopic (exact) mass is 262 g/mol. The molecule has 0 aliphatic carbocycles. The maximum atomic E-state index is 12.1. The number of likely N-dealkylation sites (tertiary alicyclic amines) is 1. The number of benzene rings is 1. The van der Waals surface area contributed by atoms with Crippen LogP contribution in [0.3, 0.4) is 0 Å². The highest BCUT2D eigenvalue weighted by molar-refractivity contribution is 5.94. The molecule has 102 valence electrons. The Morgan fingerprint density at radius 1 is 1.42 bits per heavy atom. The van der Waals surface area contributed by atoms with Gasteiger partial charge in [0, 0.05) is 18.3 Å². The van der Waals surface area contributed by atoms with E-state index in [-0.39, 0.29) is 17.6 Å². The molecule has 1 aliphatic rings. The number of amides is 2. The van der Waals surface area contributed by atoms with Gasteiger partial charge >= 0.3 is 12.0 Å². The molecule has 1 fully saturated rings. The molecule has 5 nitrogen and oxygen atoms in total. The molecule has 2 amide bonds. The molecule has 5 heteroatoms. The van der Waals surface area contributed by atoms with Crippen LogP contribution in [0.1, 0.15) is 35.7 Å². The van der Waals surface area contributed by atoms with E-state index in [1.54, 1.807) is 11.0 Å². The number of rotatable bonds is 2. The lowest BCUT2D eigenvalue weighted by molar-refractivity contribution is 0.0697. The smallest absolute Gasteiger partial charge is 0.335 e. The van der Waals surface area contributed by atoms with Gasteiger partial charge in [0.25, 0.3) is 0 Å². The molecule has 1 heterocycles. The normalized spacial score (nSPS) is 18.4. The summed E-state index contributed by atoms with van der Waals surface area (Å²) in [7, 11) is 0. The lowest BCUT2D eigenvalue weighted by Gasteiger charge is -2.22. The second-order valence-corrected chi connectivity index (χ2v) is 4.95. The predicted molar refractivity (Wildman–Crippen MR) is 72.6 cm³/mol. The first-order valence-electron chi connectivity index (χ1n) is 6.40. The van der Waals surface area contributed by atoms with Crippen molar-refractivity contribution in [3.05, 3.63) is 29.3 Å². The number of carboxylic acids is 1. The van der Waals surface area contributed by atoms with Gasteiger partial charge < -0.3 is 15.3 Å². The molecule has 19 heavy (non-hydrogen) atoms. The van der Waals surface area contributed by atoms with Gasteiger partial charge in [-0.3, -0.25) is 0 Å². The Kier molecular flexibility index (Phi) is 3.74. The topological polar surface area (TPSA) is 69.6 Å². The van der Waals surface area contributed by atoms with Crippen molar-refractivity contribution in [3.8, 4) is 0 Å². The lowest BCUT2D eigenvalue weighted by Crippen LogP contribution is -2.37. The number of urea groups is 1. The van der Waals surface area contributed by atoms with Crippen LogP contribution in [0.2, 0.25) is 0 Å². The molecule has 2 N–H and O–H groups in total. The van der Waals surface area contributed by atoms with Gasteiger partial charge in [0.2, 0.25) is 0 Å². The fourth-order valence-corrected chi connectivity index (χ4v) is 2.31. The third kappa shape index (κ3) is 2.86. The first-order chi connectivity index (χ1) is 8.99. The number of anilines is 1. The minimum Gasteiger partial charge on any atom is -0.478 e. The second-order valence-electron chi connectivity index (χ2n) is 4.95. The maximum Gasteiger partial charge on any atom is 0.335 e. The minimum absolute atomic E-state index is 0.157. The highest BCUT2D eigenvalue weighted by Gasteiger charge is 2.25.